The Morgan fingerprint density at radius 2 is 1.47 bits per heavy atom. The lowest BCUT2D eigenvalue weighted by atomic mass is 9.78. The van der Waals surface area contributed by atoms with Crippen molar-refractivity contribution in [2.75, 3.05) is 39.1 Å². The highest BCUT2D eigenvalue weighted by molar-refractivity contribution is 6.01. The monoisotopic (exact) mass is 486 g/mol. The van der Waals surface area contributed by atoms with E-state index < -0.39 is 6.04 Å². The van der Waals surface area contributed by atoms with Gasteiger partial charge in [-0.2, -0.15) is 0 Å². The molecule has 1 aliphatic carbocycles. The zero-order valence-corrected chi connectivity index (χ0v) is 20.9. The van der Waals surface area contributed by atoms with Crippen LogP contribution in [0, 0.1) is 0 Å². The Bertz CT molecular complexity index is 1330. The first kappa shape index (κ1) is 23.6. The van der Waals surface area contributed by atoms with E-state index >= 15 is 0 Å². The number of ether oxygens (including phenoxy) is 4. The molecule has 3 aromatic rings. The number of ketones is 1. The van der Waals surface area contributed by atoms with E-state index in [2.05, 4.69) is 10.6 Å². The second-order valence-electron chi connectivity index (χ2n) is 8.89. The molecular weight excluding hydrogens is 456 g/mol. The van der Waals surface area contributed by atoms with Gasteiger partial charge in [0.05, 0.1) is 45.9 Å². The predicted octanol–water partition coefficient (Wildman–Crippen LogP) is 5.70. The summed E-state index contributed by atoms with van der Waals surface area (Å²) in [5.41, 5.74) is 5.34. The highest BCUT2D eigenvalue weighted by Gasteiger charge is 2.37. The molecule has 0 amide bonds. The lowest BCUT2D eigenvalue weighted by Crippen LogP contribution is -2.27. The van der Waals surface area contributed by atoms with Gasteiger partial charge in [-0.1, -0.05) is 18.2 Å². The van der Waals surface area contributed by atoms with Gasteiger partial charge in [0.25, 0.3) is 0 Å². The van der Waals surface area contributed by atoms with E-state index in [1.54, 1.807) is 28.4 Å². The van der Waals surface area contributed by atoms with Gasteiger partial charge in [0.1, 0.15) is 11.5 Å². The molecule has 186 valence electrons. The number of nitrogens with one attached hydrogen (secondary N) is 2. The standard InChI is InChI=1S/C29H30N2O5/c1-33-19-10-12-25(34-2)20(16-19)29-28-23(30-21-7-5-6-8-22(21)31-29)13-18(14-24(28)32)17-9-11-26(35-3)27(15-17)36-4/h5-12,15-16,18,29-31H,13-14H2,1-4H3/t18-,29+/m1/s1. The molecular formula is C29H30N2O5. The molecule has 2 atom stereocenters. The summed E-state index contributed by atoms with van der Waals surface area (Å²) in [5, 5.41) is 7.18. The van der Waals surface area contributed by atoms with Crippen LogP contribution in [0.3, 0.4) is 0 Å². The number of allylic oxidation sites excluding steroid dienone is 1. The van der Waals surface area contributed by atoms with Gasteiger partial charge in [-0.05, 0) is 60.4 Å². The number of carbonyl (C=O) groups is 1. The third-order valence-corrected chi connectivity index (χ3v) is 6.94. The summed E-state index contributed by atoms with van der Waals surface area (Å²) in [6.45, 7) is 0. The van der Waals surface area contributed by atoms with E-state index in [0.29, 0.717) is 35.8 Å². The van der Waals surface area contributed by atoms with Gasteiger partial charge >= 0.3 is 0 Å². The number of hydrogen-bond donors (Lipinski definition) is 2. The van der Waals surface area contributed by atoms with Gasteiger partial charge in [0.15, 0.2) is 17.3 Å². The van der Waals surface area contributed by atoms with Crippen LogP contribution in [-0.2, 0) is 4.79 Å². The summed E-state index contributed by atoms with van der Waals surface area (Å²) in [4.78, 5) is 13.9. The molecule has 7 heteroatoms. The molecule has 3 aromatic carbocycles. The highest BCUT2D eigenvalue weighted by Crippen LogP contribution is 2.47. The Kier molecular flexibility index (Phi) is 6.46. The van der Waals surface area contributed by atoms with Crippen LogP contribution in [0.2, 0.25) is 0 Å². The Balaban J connectivity index is 1.62. The number of para-hydroxylation sites is 2. The van der Waals surface area contributed by atoms with Gasteiger partial charge in [0, 0.05) is 23.3 Å². The molecule has 2 aliphatic rings. The molecule has 1 aliphatic heterocycles. The number of Topliss-reactive ketones (excluding diaryl/α,β-unsaturated/α-hetero) is 1. The first-order valence-corrected chi connectivity index (χ1v) is 11.9. The number of benzene rings is 3. The number of rotatable bonds is 6. The maximum absolute atomic E-state index is 13.9. The number of fused-ring (bicyclic) bond motifs is 1. The van der Waals surface area contributed by atoms with Crippen molar-refractivity contribution < 1.29 is 23.7 Å². The van der Waals surface area contributed by atoms with Crippen molar-refractivity contribution in [2.24, 2.45) is 0 Å². The van der Waals surface area contributed by atoms with Crippen LogP contribution in [0.25, 0.3) is 0 Å². The van der Waals surface area contributed by atoms with E-state index in [0.717, 1.165) is 33.8 Å². The first-order chi connectivity index (χ1) is 17.6. The second-order valence-corrected chi connectivity index (χ2v) is 8.89. The fourth-order valence-electron chi connectivity index (χ4n) is 5.13. The third kappa shape index (κ3) is 4.21. The fraction of sp³-hybridized carbons (Fsp3) is 0.276. The Hall–Kier alpha value is -4.13. The van der Waals surface area contributed by atoms with Crippen molar-refractivity contribution >= 4 is 17.2 Å². The summed E-state index contributed by atoms with van der Waals surface area (Å²) in [7, 11) is 6.51. The van der Waals surface area contributed by atoms with Gasteiger partial charge in [-0.15, -0.1) is 0 Å². The Morgan fingerprint density at radius 3 is 2.19 bits per heavy atom. The van der Waals surface area contributed by atoms with Gasteiger partial charge < -0.3 is 29.6 Å². The molecule has 7 nitrogen and oxygen atoms in total. The molecule has 1 heterocycles. The quantitative estimate of drug-likeness (QED) is 0.463. The van der Waals surface area contributed by atoms with Crippen LogP contribution in [0.15, 0.2) is 71.9 Å². The SMILES string of the molecule is COc1ccc(OC)c([C@@H]2Nc3ccccc3NC3=C2C(=O)C[C@H](c2ccc(OC)c(OC)c2)C3)c1. The van der Waals surface area contributed by atoms with E-state index in [1.165, 1.54) is 0 Å². The van der Waals surface area contributed by atoms with Crippen LogP contribution in [-0.4, -0.2) is 34.2 Å². The number of carbonyl (C=O) groups excluding carboxylic acids is 1. The topological polar surface area (TPSA) is 78.1 Å². The predicted molar refractivity (Wildman–Crippen MR) is 140 cm³/mol. The maximum atomic E-state index is 13.9. The van der Waals surface area contributed by atoms with Gasteiger partial charge in [0.2, 0.25) is 0 Å². The van der Waals surface area contributed by atoms with Crippen molar-refractivity contribution in [3.63, 3.8) is 0 Å². The first-order valence-electron chi connectivity index (χ1n) is 11.9. The smallest absolute Gasteiger partial charge is 0.163 e. The molecule has 0 bridgehead atoms. The van der Waals surface area contributed by atoms with Crippen LogP contribution < -0.4 is 29.6 Å². The number of anilines is 2. The lowest BCUT2D eigenvalue weighted by molar-refractivity contribution is -0.116. The lowest BCUT2D eigenvalue weighted by Gasteiger charge is -2.30. The summed E-state index contributed by atoms with van der Waals surface area (Å²) in [5.74, 6) is 2.79. The summed E-state index contributed by atoms with van der Waals surface area (Å²) >= 11 is 0. The minimum absolute atomic E-state index is 0.00155. The average molecular weight is 487 g/mol. The van der Waals surface area contributed by atoms with E-state index in [4.69, 9.17) is 18.9 Å². The third-order valence-electron chi connectivity index (χ3n) is 6.94. The van der Waals surface area contributed by atoms with E-state index in [9.17, 15) is 4.79 Å². The molecule has 0 saturated heterocycles. The molecule has 36 heavy (non-hydrogen) atoms. The summed E-state index contributed by atoms with van der Waals surface area (Å²) in [6.07, 6.45) is 1.06. The minimum atomic E-state index is -0.403. The van der Waals surface area contributed by atoms with Crippen LogP contribution in [0.5, 0.6) is 23.0 Å². The van der Waals surface area contributed by atoms with Crippen molar-refractivity contribution in [3.8, 4) is 23.0 Å². The van der Waals surface area contributed by atoms with E-state index in [-0.39, 0.29) is 11.7 Å². The van der Waals surface area contributed by atoms with Gasteiger partial charge in [-0.25, -0.2) is 0 Å². The minimum Gasteiger partial charge on any atom is -0.497 e. The molecule has 0 radical (unpaired) electrons. The fourth-order valence-corrected chi connectivity index (χ4v) is 5.13. The van der Waals surface area contributed by atoms with E-state index in [1.807, 2.05) is 60.7 Å². The molecule has 2 N–H and O–H groups in total. The Morgan fingerprint density at radius 1 is 0.750 bits per heavy atom. The Labute approximate surface area is 211 Å². The highest BCUT2D eigenvalue weighted by atomic mass is 16.5. The zero-order chi connectivity index (χ0) is 25.2. The summed E-state index contributed by atoms with van der Waals surface area (Å²) < 4.78 is 22.1. The molecule has 0 spiro atoms. The molecule has 0 fully saturated rings. The number of hydrogen-bond acceptors (Lipinski definition) is 7. The maximum Gasteiger partial charge on any atom is 0.163 e. The normalized spacial score (nSPS) is 18.7. The molecule has 5 rings (SSSR count). The van der Waals surface area contributed by atoms with Crippen molar-refractivity contribution in [2.45, 2.75) is 24.8 Å². The summed E-state index contributed by atoms with van der Waals surface area (Å²) in [6, 6.07) is 19.1. The molecule has 0 saturated carbocycles. The van der Waals surface area contributed by atoms with Crippen molar-refractivity contribution in [1.82, 2.24) is 0 Å². The second kappa shape index (κ2) is 9.85. The molecule has 0 aromatic heterocycles. The largest absolute Gasteiger partial charge is 0.497 e. The van der Waals surface area contributed by atoms with Crippen molar-refractivity contribution in [3.05, 3.63) is 83.1 Å². The zero-order valence-electron chi connectivity index (χ0n) is 20.9. The van der Waals surface area contributed by atoms with Crippen molar-refractivity contribution in [1.29, 1.82) is 0 Å². The van der Waals surface area contributed by atoms with Crippen LogP contribution in [0.4, 0.5) is 11.4 Å². The molecule has 0 unspecified atom stereocenters. The average Bonchev–Trinajstić information content (AvgIpc) is 3.09. The van der Waals surface area contributed by atoms with Crippen LogP contribution >= 0.6 is 0 Å². The van der Waals surface area contributed by atoms with Gasteiger partial charge in [-0.3, -0.25) is 4.79 Å². The van der Waals surface area contributed by atoms with Crippen LogP contribution in [0.1, 0.15) is 35.9 Å². The number of methoxy groups -OCH3 is 4.